The van der Waals surface area contributed by atoms with E-state index in [1.165, 1.54) is 23.4 Å². The highest BCUT2D eigenvalue weighted by Crippen LogP contribution is 2.41. The maximum absolute atomic E-state index is 5.49. The average molecular weight is 326 g/mol. The molecule has 1 aromatic heterocycles. The summed E-state index contributed by atoms with van der Waals surface area (Å²) in [4.78, 5) is 2.40. The van der Waals surface area contributed by atoms with Gasteiger partial charge in [0.2, 0.25) is 0 Å². The summed E-state index contributed by atoms with van der Waals surface area (Å²) < 4.78 is 7.52. The van der Waals surface area contributed by atoms with Crippen LogP contribution in [-0.2, 0) is 18.3 Å². The third-order valence-electron chi connectivity index (χ3n) is 5.18. The number of rotatable bonds is 5. The minimum absolute atomic E-state index is 0.588. The highest BCUT2D eigenvalue weighted by molar-refractivity contribution is 5.50. The summed E-state index contributed by atoms with van der Waals surface area (Å²) in [5.41, 5.74) is 3.91. The molecule has 4 rings (SSSR count). The van der Waals surface area contributed by atoms with Crippen molar-refractivity contribution in [3.05, 3.63) is 47.2 Å². The summed E-state index contributed by atoms with van der Waals surface area (Å²) in [6.07, 6.45) is 1.23. The minimum Gasteiger partial charge on any atom is -0.378 e. The van der Waals surface area contributed by atoms with Gasteiger partial charge in [-0.1, -0.05) is 30.3 Å². The molecule has 0 unspecified atom stereocenters. The normalized spacial score (nSPS) is 23.5. The van der Waals surface area contributed by atoms with E-state index in [1.54, 1.807) is 0 Å². The smallest absolute Gasteiger partial charge is 0.131 e. The van der Waals surface area contributed by atoms with Crippen LogP contribution in [-0.4, -0.2) is 42.1 Å². The van der Waals surface area contributed by atoms with E-state index < -0.39 is 0 Å². The summed E-state index contributed by atoms with van der Waals surface area (Å²) in [5.74, 6) is 1.91. The van der Waals surface area contributed by atoms with E-state index in [4.69, 9.17) is 4.74 Å². The third-order valence-corrected chi connectivity index (χ3v) is 5.18. The molecule has 2 aliphatic rings. The van der Waals surface area contributed by atoms with Crippen molar-refractivity contribution >= 4 is 5.82 Å². The first-order valence-electron chi connectivity index (χ1n) is 8.87. The van der Waals surface area contributed by atoms with Gasteiger partial charge in [-0.3, -0.25) is 4.68 Å². The predicted octanol–water partition coefficient (Wildman–Crippen LogP) is 2.21. The molecule has 24 heavy (non-hydrogen) atoms. The van der Waals surface area contributed by atoms with Crippen LogP contribution in [0.15, 0.2) is 30.3 Å². The number of aryl methyl sites for hydroxylation is 2. The second kappa shape index (κ2) is 6.57. The monoisotopic (exact) mass is 326 g/mol. The summed E-state index contributed by atoms with van der Waals surface area (Å²) in [6.45, 7) is 6.50. The van der Waals surface area contributed by atoms with Gasteiger partial charge < -0.3 is 15.0 Å². The van der Waals surface area contributed by atoms with Crippen LogP contribution < -0.4 is 10.2 Å². The van der Waals surface area contributed by atoms with E-state index in [0.29, 0.717) is 12.0 Å². The number of anilines is 1. The van der Waals surface area contributed by atoms with Crippen LogP contribution in [0.25, 0.3) is 0 Å². The molecule has 2 heterocycles. The average Bonchev–Trinajstić information content (AvgIpc) is 3.33. The molecule has 0 amide bonds. The van der Waals surface area contributed by atoms with Crippen molar-refractivity contribution in [1.29, 1.82) is 0 Å². The molecule has 128 valence electrons. The van der Waals surface area contributed by atoms with Gasteiger partial charge in [-0.2, -0.15) is 5.10 Å². The van der Waals surface area contributed by atoms with Crippen molar-refractivity contribution in [2.75, 3.05) is 31.2 Å². The lowest BCUT2D eigenvalue weighted by atomic mass is 10.1. The summed E-state index contributed by atoms with van der Waals surface area (Å²) in [6, 6.07) is 11.4. The van der Waals surface area contributed by atoms with E-state index >= 15 is 0 Å². The van der Waals surface area contributed by atoms with Crippen LogP contribution in [0.1, 0.15) is 29.2 Å². The number of hydrogen-bond donors (Lipinski definition) is 1. The molecule has 5 heteroatoms. The fourth-order valence-electron chi connectivity index (χ4n) is 3.79. The van der Waals surface area contributed by atoms with Gasteiger partial charge >= 0.3 is 0 Å². The van der Waals surface area contributed by atoms with Crippen molar-refractivity contribution in [3.63, 3.8) is 0 Å². The second-order valence-corrected chi connectivity index (χ2v) is 6.85. The maximum atomic E-state index is 5.49. The molecule has 2 atom stereocenters. The standard InChI is InChI=1S/C19H26N4O/c1-14-17(19(22(2)21-14)23-8-10-24-11-9-23)13-20-18-12-16(18)15-6-4-3-5-7-15/h3-7,16,18,20H,8-13H2,1-2H3/t16-,18+/m0/s1. The topological polar surface area (TPSA) is 42.3 Å². The maximum Gasteiger partial charge on any atom is 0.131 e. The lowest BCUT2D eigenvalue weighted by Gasteiger charge is -2.29. The van der Waals surface area contributed by atoms with Gasteiger partial charge in [0.05, 0.1) is 18.9 Å². The fraction of sp³-hybridized carbons (Fsp3) is 0.526. The highest BCUT2D eigenvalue weighted by Gasteiger charge is 2.38. The Morgan fingerprint density at radius 3 is 2.71 bits per heavy atom. The number of aromatic nitrogens is 2. The first-order valence-corrected chi connectivity index (χ1v) is 8.87. The molecular formula is C19H26N4O. The molecule has 2 aromatic rings. The number of hydrogen-bond acceptors (Lipinski definition) is 4. The van der Waals surface area contributed by atoms with Crippen LogP contribution in [0.3, 0.4) is 0 Å². The first kappa shape index (κ1) is 15.7. The number of ether oxygens (including phenoxy) is 1. The lowest BCUT2D eigenvalue weighted by molar-refractivity contribution is 0.122. The predicted molar refractivity (Wildman–Crippen MR) is 95.4 cm³/mol. The number of nitrogens with zero attached hydrogens (tertiary/aromatic N) is 3. The Hall–Kier alpha value is -1.85. The van der Waals surface area contributed by atoms with Crippen LogP contribution >= 0.6 is 0 Å². The van der Waals surface area contributed by atoms with Crippen molar-refractivity contribution in [2.45, 2.75) is 31.8 Å². The first-order chi connectivity index (χ1) is 11.7. The van der Waals surface area contributed by atoms with Crippen LogP contribution in [0, 0.1) is 6.92 Å². The Kier molecular flexibility index (Phi) is 4.29. The second-order valence-electron chi connectivity index (χ2n) is 6.85. The molecule has 0 spiro atoms. The Balaban J connectivity index is 1.44. The number of morpholine rings is 1. The van der Waals surface area contributed by atoms with Gasteiger partial charge in [0, 0.05) is 44.2 Å². The quantitative estimate of drug-likeness (QED) is 0.915. The molecule has 1 saturated heterocycles. The Morgan fingerprint density at radius 2 is 1.96 bits per heavy atom. The molecule has 0 radical (unpaired) electrons. The van der Waals surface area contributed by atoms with Crippen molar-refractivity contribution in [3.8, 4) is 0 Å². The van der Waals surface area contributed by atoms with Crippen molar-refractivity contribution < 1.29 is 4.74 Å². The van der Waals surface area contributed by atoms with E-state index in [2.05, 4.69) is 52.6 Å². The van der Waals surface area contributed by atoms with Crippen molar-refractivity contribution in [1.82, 2.24) is 15.1 Å². The van der Waals surface area contributed by atoms with E-state index in [1.807, 2.05) is 11.7 Å². The zero-order valence-corrected chi connectivity index (χ0v) is 14.5. The van der Waals surface area contributed by atoms with Crippen LogP contribution in [0.4, 0.5) is 5.82 Å². The molecule has 1 N–H and O–H groups in total. The summed E-state index contributed by atoms with van der Waals surface area (Å²) in [5, 5.41) is 8.40. The zero-order valence-electron chi connectivity index (χ0n) is 14.5. The van der Waals surface area contributed by atoms with Gasteiger partial charge in [0.1, 0.15) is 5.82 Å². The van der Waals surface area contributed by atoms with E-state index in [-0.39, 0.29) is 0 Å². The van der Waals surface area contributed by atoms with Gasteiger partial charge in [-0.25, -0.2) is 0 Å². The zero-order chi connectivity index (χ0) is 16.5. The lowest BCUT2D eigenvalue weighted by Crippen LogP contribution is -2.38. The molecule has 1 saturated carbocycles. The molecule has 2 fully saturated rings. The van der Waals surface area contributed by atoms with Gasteiger partial charge in [-0.15, -0.1) is 0 Å². The molecule has 5 nitrogen and oxygen atoms in total. The molecule has 1 aliphatic heterocycles. The van der Waals surface area contributed by atoms with Crippen LogP contribution in [0.2, 0.25) is 0 Å². The number of benzene rings is 1. The van der Waals surface area contributed by atoms with Crippen molar-refractivity contribution in [2.24, 2.45) is 7.05 Å². The number of nitrogens with one attached hydrogen (secondary N) is 1. The summed E-state index contributed by atoms with van der Waals surface area (Å²) >= 11 is 0. The molecule has 1 aromatic carbocycles. The third kappa shape index (κ3) is 3.06. The molecular weight excluding hydrogens is 300 g/mol. The SMILES string of the molecule is Cc1nn(C)c(N2CCOCC2)c1CN[C@@H]1C[C@H]1c1ccccc1. The molecule has 0 bridgehead atoms. The molecule has 1 aliphatic carbocycles. The fourth-order valence-corrected chi connectivity index (χ4v) is 3.79. The Labute approximate surface area is 143 Å². The Morgan fingerprint density at radius 1 is 1.21 bits per heavy atom. The van der Waals surface area contributed by atoms with E-state index in [0.717, 1.165) is 38.5 Å². The summed E-state index contributed by atoms with van der Waals surface area (Å²) in [7, 11) is 2.05. The largest absolute Gasteiger partial charge is 0.378 e. The highest BCUT2D eigenvalue weighted by atomic mass is 16.5. The van der Waals surface area contributed by atoms with Gasteiger partial charge in [0.25, 0.3) is 0 Å². The Bertz CT molecular complexity index is 691. The van der Waals surface area contributed by atoms with E-state index in [9.17, 15) is 0 Å². The van der Waals surface area contributed by atoms with Crippen LogP contribution in [0.5, 0.6) is 0 Å². The van der Waals surface area contributed by atoms with Gasteiger partial charge in [-0.05, 0) is 18.9 Å². The minimum atomic E-state index is 0.588. The van der Waals surface area contributed by atoms with Gasteiger partial charge in [0.15, 0.2) is 0 Å².